The minimum absolute atomic E-state index is 0.288. The van der Waals surface area contributed by atoms with Gasteiger partial charge in [0.15, 0.2) is 34.5 Å². The van der Waals surface area contributed by atoms with E-state index in [0.29, 0.717) is 39.6 Å². The molecule has 0 aliphatic carbocycles. The standard InChI is InChI=1S/C84H144O12S6/c85-43-19-13-37-61-97-55-31-7-1-25-49-91-79-67-73-74(68-80(79)92-50-26-2-8-32-56-98-62-38-14-20-44-86)76-70-82(94-52-28-4-10-34-58-100-64-40-16-22-46-88)84(96-54-30-6-12-36-60-102-66-42-18-24-48-90)72-78(76)77-71-83(95-53-29-5-11-35-59-101-65-41-17-23-47-89)81(69-75(73)77)93-51-27-3-9-33-57-99-63-39-15-21-45-87/h67-72,85-90H,1-66H2. The average molecular weight is 1540 g/mol. The predicted molar refractivity (Wildman–Crippen MR) is 452 cm³/mol. The summed E-state index contributed by atoms with van der Waals surface area (Å²) in [5.41, 5.74) is 0. The Morgan fingerprint density at radius 2 is 0.275 bits per heavy atom. The third-order valence-corrected chi connectivity index (χ3v) is 25.4. The lowest BCUT2D eigenvalue weighted by Crippen LogP contribution is -2.05. The number of hydrogen-bond acceptors (Lipinski definition) is 18. The molecular formula is C84H144O12S6. The molecule has 0 atom stereocenters. The number of rotatable bonds is 78. The molecule has 0 spiro atoms. The average Bonchev–Trinajstić information content (AvgIpc) is 0.728. The van der Waals surface area contributed by atoms with Crippen molar-refractivity contribution in [2.75, 3.05) is 148 Å². The minimum atomic E-state index is 0.288. The summed E-state index contributed by atoms with van der Waals surface area (Å²) in [5, 5.41) is 61.7. The second-order valence-corrected chi connectivity index (χ2v) is 34.8. The third-order valence-electron chi connectivity index (χ3n) is 18.4. The van der Waals surface area contributed by atoms with Crippen LogP contribution in [0.5, 0.6) is 34.5 Å². The molecule has 588 valence electrons. The number of unbranched alkanes of at least 4 members (excludes halogenated alkanes) is 30. The van der Waals surface area contributed by atoms with Crippen LogP contribution in [0.3, 0.4) is 0 Å². The maximum absolute atomic E-state index is 9.21. The number of aliphatic hydroxyl groups excluding tert-OH is 6. The topological polar surface area (TPSA) is 177 Å². The molecule has 0 aliphatic heterocycles. The summed E-state index contributed by atoms with van der Waals surface area (Å²) in [7, 11) is 0. The lowest BCUT2D eigenvalue weighted by molar-refractivity contribution is 0.259. The molecule has 0 radical (unpaired) electrons. The van der Waals surface area contributed by atoms with Crippen molar-refractivity contribution in [3.05, 3.63) is 36.4 Å². The van der Waals surface area contributed by atoms with Crippen molar-refractivity contribution in [3.8, 4) is 34.5 Å². The zero-order chi connectivity index (χ0) is 72.3. The number of ether oxygens (including phenoxy) is 6. The van der Waals surface area contributed by atoms with Gasteiger partial charge in [0.2, 0.25) is 0 Å². The van der Waals surface area contributed by atoms with E-state index in [-0.39, 0.29) is 39.6 Å². The first kappa shape index (κ1) is 92.7. The number of aliphatic hydroxyl groups is 6. The Bertz CT molecular complexity index is 2080. The first-order valence-electron chi connectivity index (χ1n) is 41.0. The highest BCUT2D eigenvalue weighted by Crippen LogP contribution is 2.48. The number of thioether (sulfide) groups is 6. The summed E-state index contributed by atoms with van der Waals surface area (Å²) in [6, 6.07) is 13.5. The van der Waals surface area contributed by atoms with Crippen LogP contribution in [0.2, 0.25) is 0 Å². The van der Waals surface area contributed by atoms with Crippen molar-refractivity contribution in [2.24, 2.45) is 0 Å². The van der Waals surface area contributed by atoms with Gasteiger partial charge in [-0.25, -0.2) is 0 Å². The molecule has 0 fully saturated rings. The van der Waals surface area contributed by atoms with E-state index in [0.717, 1.165) is 221 Å². The van der Waals surface area contributed by atoms with Crippen LogP contribution in [0.4, 0.5) is 0 Å². The van der Waals surface area contributed by atoms with Crippen LogP contribution in [0.1, 0.15) is 270 Å². The third kappa shape index (κ3) is 46.0. The molecule has 4 rings (SSSR count). The maximum Gasteiger partial charge on any atom is 0.161 e. The van der Waals surface area contributed by atoms with Gasteiger partial charge in [0.25, 0.3) is 0 Å². The molecule has 0 unspecified atom stereocenters. The van der Waals surface area contributed by atoms with Crippen LogP contribution in [-0.4, -0.2) is 179 Å². The van der Waals surface area contributed by atoms with Crippen LogP contribution in [0.25, 0.3) is 32.3 Å². The Kier molecular flexibility index (Phi) is 62.3. The van der Waals surface area contributed by atoms with Gasteiger partial charge in [-0.05, 0) is 292 Å². The highest BCUT2D eigenvalue weighted by molar-refractivity contribution is 8.00. The molecule has 6 N–H and O–H groups in total. The summed E-state index contributed by atoms with van der Waals surface area (Å²) in [6.45, 7) is 5.36. The molecule has 0 heterocycles. The summed E-state index contributed by atoms with van der Waals surface area (Å²) < 4.78 is 41.7. The normalized spacial score (nSPS) is 11.7. The van der Waals surface area contributed by atoms with E-state index >= 15 is 0 Å². The first-order valence-corrected chi connectivity index (χ1v) is 48.0. The number of fused-ring (bicyclic) bond motifs is 6. The van der Waals surface area contributed by atoms with Crippen LogP contribution < -0.4 is 28.4 Å². The molecule has 102 heavy (non-hydrogen) atoms. The second-order valence-electron chi connectivity index (χ2n) is 27.5. The first-order chi connectivity index (χ1) is 50.6. The maximum atomic E-state index is 9.21. The van der Waals surface area contributed by atoms with Gasteiger partial charge in [0, 0.05) is 39.6 Å². The largest absolute Gasteiger partial charge is 0.490 e. The van der Waals surface area contributed by atoms with E-state index in [1.165, 1.54) is 185 Å². The molecule has 0 saturated carbocycles. The van der Waals surface area contributed by atoms with Gasteiger partial charge in [-0.2, -0.15) is 70.6 Å². The van der Waals surface area contributed by atoms with Crippen molar-refractivity contribution >= 4 is 103 Å². The second kappa shape index (κ2) is 68.6. The Morgan fingerprint density at radius 1 is 0.157 bits per heavy atom. The summed E-state index contributed by atoms with van der Waals surface area (Å²) in [4.78, 5) is 0. The molecule has 0 bridgehead atoms. The molecule has 4 aromatic carbocycles. The van der Waals surface area contributed by atoms with E-state index in [1.54, 1.807) is 0 Å². The van der Waals surface area contributed by atoms with Crippen molar-refractivity contribution in [3.63, 3.8) is 0 Å². The van der Waals surface area contributed by atoms with Gasteiger partial charge in [0.05, 0.1) is 39.6 Å². The molecular weight excluding hydrogens is 1390 g/mol. The number of benzene rings is 4. The van der Waals surface area contributed by atoms with Gasteiger partial charge >= 0.3 is 0 Å². The molecule has 0 amide bonds. The van der Waals surface area contributed by atoms with E-state index in [4.69, 9.17) is 28.4 Å². The Hall–Kier alpha value is -1.68. The van der Waals surface area contributed by atoms with E-state index < -0.39 is 0 Å². The highest BCUT2D eigenvalue weighted by Gasteiger charge is 2.21. The summed E-state index contributed by atoms with van der Waals surface area (Å²) in [6.07, 6.45) is 45.7. The zero-order valence-electron chi connectivity index (χ0n) is 63.7. The van der Waals surface area contributed by atoms with E-state index in [2.05, 4.69) is 36.4 Å². The Labute approximate surface area is 646 Å². The fourth-order valence-electron chi connectivity index (χ4n) is 12.3. The Balaban J connectivity index is 1.76. The van der Waals surface area contributed by atoms with Crippen LogP contribution in [0, 0.1) is 0 Å². The summed E-state index contributed by atoms with van der Waals surface area (Å²) >= 11 is 12.3. The van der Waals surface area contributed by atoms with Crippen molar-refractivity contribution in [1.82, 2.24) is 0 Å². The van der Waals surface area contributed by atoms with Crippen molar-refractivity contribution in [2.45, 2.75) is 270 Å². The lowest BCUT2D eigenvalue weighted by Gasteiger charge is -2.21. The Morgan fingerprint density at radius 3 is 0.402 bits per heavy atom. The van der Waals surface area contributed by atoms with Gasteiger partial charge in [-0.1, -0.05) is 116 Å². The minimum Gasteiger partial charge on any atom is -0.490 e. The predicted octanol–water partition coefficient (Wildman–Crippen LogP) is 22.2. The molecule has 4 aromatic rings. The molecule has 18 heteroatoms. The van der Waals surface area contributed by atoms with Crippen LogP contribution in [0.15, 0.2) is 36.4 Å². The van der Waals surface area contributed by atoms with Gasteiger partial charge in [0.1, 0.15) is 0 Å². The summed E-state index contributed by atoms with van der Waals surface area (Å²) in [5.74, 6) is 18.7. The van der Waals surface area contributed by atoms with E-state index in [1.807, 2.05) is 70.6 Å². The zero-order valence-corrected chi connectivity index (χ0v) is 68.6. The SMILES string of the molecule is OCCCCCSCCCCCCOc1cc2c3cc(OCCCCCCSCCCCCO)c(OCCCCCCSCCCCCO)cc3c3cc(OCCCCCCSCCCCCO)c(OCCCCCCSCCCCCO)cc3c2cc1OCCCCCCSCCCCCO. The fraction of sp³-hybridized carbons (Fsp3) is 0.786. The fourth-order valence-corrected chi connectivity index (χ4v) is 18.4. The van der Waals surface area contributed by atoms with Gasteiger partial charge in [-0.15, -0.1) is 0 Å². The smallest absolute Gasteiger partial charge is 0.161 e. The van der Waals surface area contributed by atoms with Gasteiger partial charge in [-0.3, -0.25) is 0 Å². The monoisotopic (exact) mass is 1540 g/mol. The highest BCUT2D eigenvalue weighted by atomic mass is 32.2. The lowest BCUT2D eigenvalue weighted by atomic mass is 9.93. The molecule has 12 nitrogen and oxygen atoms in total. The van der Waals surface area contributed by atoms with Gasteiger partial charge < -0.3 is 59.1 Å². The van der Waals surface area contributed by atoms with Crippen LogP contribution in [-0.2, 0) is 0 Å². The molecule has 0 aromatic heterocycles. The molecule has 0 saturated heterocycles. The van der Waals surface area contributed by atoms with E-state index in [9.17, 15) is 30.6 Å². The van der Waals surface area contributed by atoms with Crippen molar-refractivity contribution in [1.29, 1.82) is 0 Å². The van der Waals surface area contributed by atoms with Crippen molar-refractivity contribution < 1.29 is 59.1 Å². The molecule has 0 aliphatic rings. The van der Waals surface area contributed by atoms with Crippen LogP contribution >= 0.6 is 70.6 Å². The number of hydrogen-bond donors (Lipinski definition) is 6. The quantitative estimate of drug-likeness (QED) is 0.0182.